The summed E-state index contributed by atoms with van der Waals surface area (Å²) in [6.45, 7) is 3.39. The highest BCUT2D eigenvalue weighted by Crippen LogP contribution is 2.09. The molecule has 76 valence electrons. The summed E-state index contributed by atoms with van der Waals surface area (Å²) in [7, 11) is 0. The molecule has 0 aliphatic heterocycles. The third-order valence-electron chi connectivity index (χ3n) is 2.10. The molecule has 0 spiro atoms. The first-order valence-electron chi connectivity index (χ1n) is 4.79. The number of nitrogens with two attached hydrogens (primary N) is 1. The van der Waals surface area contributed by atoms with Gasteiger partial charge in [-0.05, 0) is 23.9 Å². The van der Waals surface area contributed by atoms with Gasteiger partial charge < -0.3 is 16.5 Å². The fourth-order valence-electron chi connectivity index (χ4n) is 1.10. The first-order valence-corrected chi connectivity index (χ1v) is 4.79. The molecule has 0 aliphatic rings. The van der Waals surface area contributed by atoms with Crippen molar-refractivity contribution in [2.24, 2.45) is 11.7 Å². The van der Waals surface area contributed by atoms with Gasteiger partial charge in [0.25, 0.3) is 0 Å². The summed E-state index contributed by atoms with van der Waals surface area (Å²) in [5.41, 5.74) is 7.71. The van der Waals surface area contributed by atoms with Crippen molar-refractivity contribution in [3.8, 4) is 0 Å². The molecule has 1 atom stereocenters. The van der Waals surface area contributed by atoms with Gasteiger partial charge >= 0.3 is 0 Å². The van der Waals surface area contributed by atoms with Gasteiger partial charge in [0.15, 0.2) is 0 Å². The predicted molar refractivity (Wildman–Crippen MR) is 60.8 cm³/mol. The van der Waals surface area contributed by atoms with Crippen LogP contribution >= 0.6 is 0 Å². The molecule has 0 bridgehead atoms. The fraction of sp³-hybridized carbons (Fsp3) is 0.364. The van der Waals surface area contributed by atoms with Crippen LogP contribution in [-0.2, 0) is 6.54 Å². The molecule has 14 heavy (non-hydrogen) atoms. The van der Waals surface area contributed by atoms with Gasteiger partial charge in [-0.25, -0.2) is 0 Å². The van der Waals surface area contributed by atoms with Crippen LogP contribution in [0, 0.1) is 11.3 Å². The summed E-state index contributed by atoms with van der Waals surface area (Å²) in [4.78, 5) is 0. The van der Waals surface area contributed by atoms with Crippen molar-refractivity contribution in [3.05, 3.63) is 29.8 Å². The zero-order valence-electron chi connectivity index (χ0n) is 8.46. The van der Waals surface area contributed by atoms with Crippen molar-refractivity contribution in [2.45, 2.75) is 13.5 Å². The van der Waals surface area contributed by atoms with E-state index < -0.39 is 0 Å². The Bertz CT molecular complexity index is 279. The Kier molecular flexibility index (Phi) is 4.13. The van der Waals surface area contributed by atoms with E-state index in [1.165, 1.54) is 6.21 Å². The third kappa shape index (κ3) is 3.18. The molecule has 4 N–H and O–H groups in total. The maximum atomic E-state index is 7.06. The minimum absolute atomic E-state index is 0.268. The molecule has 0 aromatic heterocycles. The van der Waals surface area contributed by atoms with Crippen molar-refractivity contribution >= 4 is 11.9 Å². The Morgan fingerprint density at radius 2 is 2.07 bits per heavy atom. The molecule has 0 aliphatic carbocycles. The van der Waals surface area contributed by atoms with Crippen LogP contribution in [0.3, 0.4) is 0 Å². The molecule has 1 unspecified atom stereocenters. The normalized spacial score (nSPS) is 12.1. The summed E-state index contributed by atoms with van der Waals surface area (Å²) in [5.74, 6) is 0.268. The number of rotatable bonds is 5. The molecular formula is C11H17N3. The average molecular weight is 191 g/mol. The van der Waals surface area contributed by atoms with Crippen LogP contribution < -0.4 is 11.1 Å². The summed E-state index contributed by atoms with van der Waals surface area (Å²) < 4.78 is 0. The molecule has 0 saturated carbocycles. The van der Waals surface area contributed by atoms with Gasteiger partial charge in [0, 0.05) is 24.7 Å². The molecule has 0 heterocycles. The minimum Gasteiger partial charge on any atom is -0.384 e. The highest BCUT2D eigenvalue weighted by Gasteiger charge is 1.97. The van der Waals surface area contributed by atoms with Crippen molar-refractivity contribution in [1.29, 1.82) is 5.41 Å². The number of nitrogens with one attached hydrogen (secondary N) is 2. The highest BCUT2D eigenvalue weighted by molar-refractivity contribution is 5.57. The standard InChI is InChI=1S/C11H17N3/c1-9(6-12)8-14-11-4-2-10(7-13)3-5-11/h2-6,9,12,14H,7-8,13H2,1H3. The Balaban J connectivity index is 2.47. The monoisotopic (exact) mass is 191 g/mol. The Labute approximate surface area is 84.8 Å². The topological polar surface area (TPSA) is 61.9 Å². The molecule has 1 aromatic rings. The molecule has 0 saturated heterocycles. The van der Waals surface area contributed by atoms with Crippen LogP contribution in [0.1, 0.15) is 12.5 Å². The number of anilines is 1. The maximum Gasteiger partial charge on any atom is 0.0340 e. The summed E-state index contributed by atoms with van der Waals surface area (Å²) in [6, 6.07) is 8.05. The van der Waals surface area contributed by atoms with Crippen LogP contribution in [0.4, 0.5) is 5.69 Å². The summed E-state index contributed by atoms with van der Waals surface area (Å²) in [6.07, 6.45) is 1.45. The van der Waals surface area contributed by atoms with Crippen LogP contribution in [0.15, 0.2) is 24.3 Å². The van der Waals surface area contributed by atoms with E-state index >= 15 is 0 Å². The average Bonchev–Trinajstić information content (AvgIpc) is 2.26. The van der Waals surface area contributed by atoms with Crippen LogP contribution in [-0.4, -0.2) is 12.8 Å². The van der Waals surface area contributed by atoms with E-state index in [4.69, 9.17) is 11.1 Å². The van der Waals surface area contributed by atoms with E-state index in [-0.39, 0.29) is 5.92 Å². The number of hydrogen-bond donors (Lipinski definition) is 3. The second-order valence-corrected chi connectivity index (χ2v) is 3.43. The molecular weight excluding hydrogens is 174 g/mol. The Morgan fingerprint density at radius 1 is 1.43 bits per heavy atom. The van der Waals surface area contributed by atoms with Gasteiger partial charge in [-0.15, -0.1) is 0 Å². The lowest BCUT2D eigenvalue weighted by molar-refractivity contribution is 0.829. The first kappa shape index (κ1) is 10.7. The molecule has 0 amide bonds. The van der Waals surface area contributed by atoms with E-state index in [9.17, 15) is 0 Å². The van der Waals surface area contributed by atoms with Gasteiger partial charge in [0.1, 0.15) is 0 Å². The number of benzene rings is 1. The van der Waals surface area contributed by atoms with Crippen LogP contribution in [0.25, 0.3) is 0 Å². The van der Waals surface area contributed by atoms with E-state index in [0.29, 0.717) is 6.54 Å². The summed E-state index contributed by atoms with van der Waals surface area (Å²) >= 11 is 0. The smallest absolute Gasteiger partial charge is 0.0340 e. The third-order valence-corrected chi connectivity index (χ3v) is 2.10. The van der Waals surface area contributed by atoms with Gasteiger partial charge in [-0.3, -0.25) is 0 Å². The molecule has 3 nitrogen and oxygen atoms in total. The second kappa shape index (κ2) is 5.40. The lowest BCUT2D eigenvalue weighted by Gasteiger charge is -2.09. The van der Waals surface area contributed by atoms with Crippen molar-refractivity contribution in [3.63, 3.8) is 0 Å². The van der Waals surface area contributed by atoms with E-state index in [0.717, 1.165) is 17.8 Å². The van der Waals surface area contributed by atoms with Gasteiger partial charge in [0.05, 0.1) is 0 Å². The van der Waals surface area contributed by atoms with Crippen LogP contribution in [0.5, 0.6) is 0 Å². The molecule has 1 aromatic carbocycles. The highest BCUT2D eigenvalue weighted by atomic mass is 14.9. The summed E-state index contributed by atoms with van der Waals surface area (Å²) in [5, 5.41) is 10.3. The SMILES string of the molecule is CC(C=N)CNc1ccc(CN)cc1. The number of hydrogen-bond acceptors (Lipinski definition) is 3. The predicted octanol–water partition coefficient (Wildman–Crippen LogP) is 1.84. The molecule has 3 heteroatoms. The zero-order chi connectivity index (χ0) is 10.4. The van der Waals surface area contributed by atoms with Gasteiger partial charge in [0.2, 0.25) is 0 Å². The Hall–Kier alpha value is -1.35. The lowest BCUT2D eigenvalue weighted by atomic mass is 10.2. The van der Waals surface area contributed by atoms with E-state index in [1.54, 1.807) is 0 Å². The minimum atomic E-state index is 0.268. The van der Waals surface area contributed by atoms with E-state index in [1.807, 2.05) is 31.2 Å². The van der Waals surface area contributed by atoms with Crippen molar-refractivity contribution < 1.29 is 0 Å². The largest absolute Gasteiger partial charge is 0.384 e. The zero-order valence-corrected chi connectivity index (χ0v) is 8.46. The van der Waals surface area contributed by atoms with Crippen LogP contribution in [0.2, 0.25) is 0 Å². The van der Waals surface area contributed by atoms with Gasteiger partial charge in [-0.2, -0.15) is 0 Å². The van der Waals surface area contributed by atoms with Crippen molar-refractivity contribution in [2.75, 3.05) is 11.9 Å². The lowest BCUT2D eigenvalue weighted by Crippen LogP contribution is -2.11. The molecule has 0 fully saturated rings. The van der Waals surface area contributed by atoms with Gasteiger partial charge in [-0.1, -0.05) is 19.1 Å². The fourth-order valence-corrected chi connectivity index (χ4v) is 1.10. The first-order chi connectivity index (χ1) is 6.76. The quantitative estimate of drug-likeness (QED) is 0.622. The second-order valence-electron chi connectivity index (χ2n) is 3.43. The Morgan fingerprint density at radius 3 is 2.57 bits per heavy atom. The molecule has 0 radical (unpaired) electrons. The van der Waals surface area contributed by atoms with E-state index in [2.05, 4.69) is 5.32 Å². The van der Waals surface area contributed by atoms with Crippen molar-refractivity contribution in [1.82, 2.24) is 0 Å². The molecule has 1 rings (SSSR count). The maximum absolute atomic E-state index is 7.06.